The van der Waals surface area contributed by atoms with E-state index in [4.69, 9.17) is 9.15 Å². The first-order valence-corrected chi connectivity index (χ1v) is 9.42. The highest BCUT2D eigenvalue weighted by Crippen LogP contribution is 2.29. The summed E-state index contributed by atoms with van der Waals surface area (Å²) in [5, 5.41) is 11.4. The standard InChI is InChI=1S/C18H23N3O4S.ClH/c1-24-12-18(5-7-19-8-6-18)11-20-15(22)13-4-10-26-17(13)21-16(23)14-3-2-9-25-14;/h2-4,9-10,19H,5-8,11-12H2,1H3,(H,20,22)(H,21,23);1H. The maximum atomic E-state index is 12.6. The lowest BCUT2D eigenvalue weighted by Crippen LogP contribution is -2.47. The zero-order valence-electron chi connectivity index (χ0n) is 15.1. The van der Waals surface area contributed by atoms with Crippen LogP contribution in [0.1, 0.15) is 33.8 Å². The molecule has 0 aliphatic carbocycles. The van der Waals surface area contributed by atoms with Gasteiger partial charge < -0.3 is 25.1 Å². The molecule has 3 N–H and O–H groups in total. The molecule has 0 unspecified atom stereocenters. The lowest BCUT2D eigenvalue weighted by Gasteiger charge is -2.37. The highest BCUT2D eigenvalue weighted by molar-refractivity contribution is 7.14. The van der Waals surface area contributed by atoms with Gasteiger partial charge in [0.25, 0.3) is 11.8 Å². The molecule has 0 atom stereocenters. The number of anilines is 1. The van der Waals surface area contributed by atoms with Crippen LogP contribution in [0.4, 0.5) is 5.00 Å². The lowest BCUT2D eigenvalue weighted by molar-refractivity contribution is 0.0512. The van der Waals surface area contributed by atoms with E-state index in [-0.39, 0.29) is 35.4 Å². The Labute approximate surface area is 168 Å². The van der Waals surface area contributed by atoms with Gasteiger partial charge in [0.2, 0.25) is 0 Å². The Kier molecular flexibility index (Phi) is 7.85. The molecule has 2 aromatic rings. The molecule has 3 rings (SSSR count). The topological polar surface area (TPSA) is 92.6 Å². The maximum Gasteiger partial charge on any atom is 0.291 e. The van der Waals surface area contributed by atoms with Crippen LogP contribution in [0.2, 0.25) is 0 Å². The van der Waals surface area contributed by atoms with Crippen LogP contribution in [-0.4, -0.2) is 45.2 Å². The lowest BCUT2D eigenvalue weighted by atomic mass is 9.79. The number of thiophene rings is 1. The predicted molar refractivity (Wildman–Crippen MR) is 107 cm³/mol. The van der Waals surface area contributed by atoms with Crippen LogP contribution >= 0.6 is 23.7 Å². The van der Waals surface area contributed by atoms with Gasteiger partial charge in [-0.25, -0.2) is 0 Å². The van der Waals surface area contributed by atoms with Crippen molar-refractivity contribution in [1.29, 1.82) is 0 Å². The quantitative estimate of drug-likeness (QED) is 0.649. The van der Waals surface area contributed by atoms with Crippen molar-refractivity contribution in [2.45, 2.75) is 12.8 Å². The monoisotopic (exact) mass is 413 g/mol. The van der Waals surface area contributed by atoms with Crippen LogP contribution in [-0.2, 0) is 4.74 Å². The van der Waals surface area contributed by atoms with E-state index in [0.717, 1.165) is 25.9 Å². The van der Waals surface area contributed by atoms with Crippen molar-refractivity contribution >= 4 is 40.6 Å². The summed E-state index contributed by atoms with van der Waals surface area (Å²) in [6, 6.07) is 4.93. The molecule has 3 heterocycles. The van der Waals surface area contributed by atoms with Gasteiger partial charge in [-0.2, -0.15) is 0 Å². The minimum Gasteiger partial charge on any atom is -0.459 e. The maximum absolute atomic E-state index is 12.6. The molecule has 1 aliphatic rings. The summed E-state index contributed by atoms with van der Waals surface area (Å²) in [5.41, 5.74) is 0.403. The highest BCUT2D eigenvalue weighted by Gasteiger charge is 2.33. The Morgan fingerprint density at radius 2 is 2.07 bits per heavy atom. The average molecular weight is 414 g/mol. The van der Waals surface area contributed by atoms with Gasteiger partial charge >= 0.3 is 0 Å². The van der Waals surface area contributed by atoms with Crippen LogP contribution in [0, 0.1) is 5.41 Å². The first kappa shape index (κ1) is 21.4. The number of hydrogen-bond acceptors (Lipinski definition) is 6. The molecule has 1 saturated heterocycles. The molecule has 148 valence electrons. The first-order chi connectivity index (χ1) is 12.6. The minimum absolute atomic E-state index is 0. The molecule has 1 fully saturated rings. The van der Waals surface area contributed by atoms with Crippen LogP contribution in [0.15, 0.2) is 34.3 Å². The largest absolute Gasteiger partial charge is 0.459 e. The molecule has 1 aliphatic heterocycles. The van der Waals surface area contributed by atoms with Gasteiger partial charge in [-0.1, -0.05) is 0 Å². The summed E-state index contributed by atoms with van der Waals surface area (Å²) >= 11 is 1.31. The van der Waals surface area contributed by atoms with Crippen LogP contribution in [0.25, 0.3) is 0 Å². The number of piperidine rings is 1. The van der Waals surface area contributed by atoms with Crippen molar-refractivity contribution in [2.75, 3.05) is 38.7 Å². The van der Waals surface area contributed by atoms with Gasteiger partial charge in [0.05, 0.1) is 18.4 Å². The number of ether oxygens (including phenoxy) is 1. The van der Waals surface area contributed by atoms with E-state index >= 15 is 0 Å². The van der Waals surface area contributed by atoms with Crippen LogP contribution in [0.5, 0.6) is 0 Å². The second-order valence-corrected chi connectivity index (χ2v) is 7.38. The molecule has 0 bridgehead atoms. The third-order valence-electron chi connectivity index (χ3n) is 4.62. The van der Waals surface area contributed by atoms with Crippen molar-refractivity contribution in [1.82, 2.24) is 10.6 Å². The van der Waals surface area contributed by atoms with E-state index in [1.807, 2.05) is 0 Å². The number of methoxy groups -OCH3 is 1. The van der Waals surface area contributed by atoms with Gasteiger partial charge in [0.15, 0.2) is 5.76 Å². The number of nitrogens with one attached hydrogen (secondary N) is 3. The van der Waals surface area contributed by atoms with Crippen LogP contribution < -0.4 is 16.0 Å². The molecular weight excluding hydrogens is 390 g/mol. The Balaban J connectivity index is 0.00000261. The molecule has 2 aromatic heterocycles. The van der Waals surface area contributed by atoms with Crippen molar-refractivity contribution in [3.8, 4) is 0 Å². The van der Waals surface area contributed by atoms with Crippen molar-refractivity contribution < 1.29 is 18.7 Å². The van der Waals surface area contributed by atoms with Gasteiger partial charge in [0, 0.05) is 19.1 Å². The summed E-state index contributed by atoms with van der Waals surface area (Å²) in [5.74, 6) is -0.366. The fraction of sp³-hybridized carbons (Fsp3) is 0.444. The Hall–Kier alpha value is -1.87. The fourth-order valence-corrected chi connectivity index (χ4v) is 3.94. The fourth-order valence-electron chi connectivity index (χ4n) is 3.16. The number of carbonyl (C=O) groups is 2. The summed E-state index contributed by atoms with van der Waals surface area (Å²) in [4.78, 5) is 24.8. The van der Waals surface area contributed by atoms with E-state index in [2.05, 4.69) is 16.0 Å². The summed E-state index contributed by atoms with van der Waals surface area (Å²) < 4.78 is 10.5. The predicted octanol–water partition coefficient (Wildman–Crippen LogP) is 2.76. The summed E-state index contributed by atoms with van der Waals surface area (Å²) in [6.07, 6.45) is 3.34. The molecule has 0 spiro atoms. The normalized spacial score (nSPS) is 15.6. The second kappa shape index (κ2) is 9.89. The number of furan rings is 1. The van der Waals surface area contributed by atoms with E-state index < -0.39 is 0 Å². The number of hydrogen-bond donors (Lipinski definition) is 3. The third kappa shape index (κ3) is 5.32. The number of halogens is 1. The molecule has 2 amide bonds. The van der Waals surface area contributed by atoms with Gasteiger partial charge in [0.1, 0.15) is 5.00 Å². The van der Waals surface area contributed by atoms with Gasteiger partial charge in [-0.3, -0.25) is 9.59 Å². The van der Waals surface area contributed by atoms with Gasteiger partial charge in [-0.05, 0) is 49.5 Å². The van der Waals surface area contributed by atoms with Crippen molar-refractivity contribution in [2.24, 2.45) is 5.41 Å². The minimum atomic E-state index is -0.374. The number of amides is 2. The number of carbonyl (C=O) groups excluding carboxylic acids is 2. The Bertz CT molecular complexity index is 736. The van der Waals surface area contributed by atoms with Crippen molar-refractivity contribution in [3.05, 3.63) is 41.2 Å². The number of rotatable bonds is 7. The molecule has 7 nitrogen and oxygen atoms in total. The summed E-state index contributed by atoms with van der Waals surface area (Å²) in [7, 11) is 1.69. The van der Waals surface area contributed by atoms with Gasteiger partial charge in [-0.15, -0.1) is 23.7 Å². The summed E-state index contributed by atoms with van der Waals surface area (Å²) in [6.45, 7) is 2.99. The zero-order chi connectivity index (χ0) is 18.4. The molecular formula is C18H24ClN3O4S. The van der Waals surface area contributed by atoms with Crippen molar-refractivity contribution in [3.63, 3.8) is 0 Å². The van der Waals surface area contributed by atoms with E-state index in [1.54, 1.807) is 30.7 Å². The molecule has 9 heteroatoms. The smallest absolute Gasteiger partial charge is 0.291 e. The highest BCUT2D eigenvalue weighted by atomic mass is 35.5. The van der Waals surface area contributed by atoms with E-state index in [9.17, 15) is 9.59 Å². The third-order valence-corrected chi connectivity index (χ3v) is 5.45. The molecule has 0 aromatic carbocycles. The first-order valence-electron chi connectivity index (χ1n) is 8.54. The average Bonchev–Trinajstić information content (AvgIpc) is 3.33. The zero-order valence-corrected chi connectivity index (χ0v) is 16.7. The SMILES string of the molecule is COCC1(CNC(=O)c2ccsc2NC(=O)c2ccco2)CCNCC1.Cl. The van der Waals surface area contributed by atoms with Crippen LogP contribution in [0.3, 0.4) is 0 Å². The molecule has 27 heavy (non-hydrogen) atoms. The second-order valence-electron chi connectivity index (χ2n) is 6.46. The Morgan fingerprint density at radius 1 is 1.30 bits per heavy atom. The Morgan fingerprint density at radius 3 is 2.74 bits per heavy atom. The molecule has 0 radical (unpaired) electrons. The van der Waals surface area contributed by atoms with E-state index in [0.29, 0.717) is 23.7 Å². The van der Waals surface area contributed by atoms with E-state index in [1.165, 1.54) is 17.6 Å². The molecule has 0 saturated carbocycles.